The molecule has 4 nitrogen and oxygen atoms in total. The van der Waals surface area contributed by atoms with Gasteiger partial charge in [-0.1, -0.05) is 30.3 Å². The lowest BCUT2D eigenvalue weighted by Crippen LogP contribution is -2.06. The molecule has 0 saturated heterocycles. The third-order valence-corrected chi connectivity index (χ3v) is 3.66. The summed E-state index contributed by atoms with van der Waals surface area (Å²) in [6.45, 7) is 4.59. The molecule has 2 aromatic carbocycles. The number of hydrogen-bond acceptors (Lipinski definition) is 4. The van der Waals surface area contributed by atoms with Crippen LogP contribution in [-0.4, -0.2) is 9.97 Å². The summed E-state index contributed by atoms with van der Waals surface area (Å²) in [5.74, 6) is 1.71. The molecule has 0 unspecified atom stereocenters. The van der Waals surface area contributed by atoms with E-state index in [4.69, 9.17) is 0 Å². The summed E-state index contributed by atoms with van der Waals surface area (Å²) in [5, 5.41) is 6.42. The minimum absolute atomic E-state index is 0.288. The van der Waals surface area contributed by atoms with Gasteiger partial charge in [0, 0.05) is 18.3 Å². The Bertz CT molecular complexity index is 848. The van der Waals surface area contributed by atoms with Gasteiger partial charge < -0.3 is 10.6 Å². The van der Waals surface area contributed by atoms with Crippen LogP contribution >= 0.6 is 0 Å². The van der Waals surface area contributed by atoms with Crippen molar-refractivity contribution in [3.63, 3.8) is 0 Å². The highest BCUT2D eigenvalue weighted by Gasteiger charge is 2.04. The molecule has 0 spiro atoms. The highest BCUT2D eigenvalue weighted by atomic mass is 19.1. The van der Waals surface area contributed by atoms with Gasteiger partial charge in [-0.05, 0) is 43.2 Å². The van der Waals surface area contributed by atoms with E-state index in [2.05, 4.69) is 39.7 Å². The summed E-state index contributed by atoms with van der Waals surface area (Å²) in [5.41, 5.74) is 3.10. The van der Waals surface area contributed by atoms with E-state index in [1.165, 1.54) is 23.3 Å². The third kappa shape index (κ3) is 4.07. The van der Waals surface area contributed by atoms with Crippen LogP contribution in [0.4, 0.5) is 21.7 Å². The maximum Gasteiger partial charge on any atom is 0.136 e. The van der Waals surface area contributed by atoms with E-state index in [1.54, 1.807) is 12.1 Å². The molecule has 0 atom stereocenters. The minimum atomic E-state index is -0.288. The van der Waals surface area contributed by atoms with Crippen LogP contribution < -0.4 is 10.6 Å². The topological polar surface area (TPSA) is 49.8 Å². The van der Waals surface area contributed by atoms with Crippen molar-refractivity contribution in [1.29, 1.82) is 0 Å². The molecular formula is C19H19FN4. The van der Waals surface area contributed by atoms with E-state index >= 15 is 0 Å². The summed E-state index contributed by atoms with van der Waals surface area (Å²) in [7, 11) is 0. The molecule has 1 aromatic heterocycles. The van der Waals surface area contributed by atoms with Crippen LogP contribution in [0.5, 0.6) is 0 Å². The highest BCUT2D eigenvalue weighted by Crippen LogP contribution is 2.19. The molecule has 0 aliphatic rings. The van der Waals surface area contributed by atoms with Gasteiger partial charge in [-0.15, -0.1) is 0 Å². The number of hydrogen-bond donors (Lipinski definition) is 2. The van der Waals surface area contributed by atoms with Crippen molar-refractivity contribution >= 4 is 17.3 Å². The second kappa shape index (κ2) is 7.08. The Kier molecular flexibility index (Phi) is 4.70. The summed E-state index contributed by atoms with van der Waals surface area (Å²) in [6.07, 6.45) is 0. The predicted molar refractivity (Wildman–Crippen MR) is 95.0 cm³/mol. The first-order chi connectivity index (χ1) is 11.6. The molecule has 0 aliphatic carbocycles. The first-order valence-corrected chi connectivity index (χ1v) is 7.77. The van der Waals surface area contributed by atoms with Crippen molar-refractivity contribution in [3.05, 3.63) is 77.4 Å². The third-order valence-electron chi connectivity index (χ3n) is 3.66. The van der Waals surface area contributed by atoms with Gasteiger partial charge in [-0.2, -0.15) is 0 Å². The van der Waals surface area contributed by atoms with Gasteiger partial charge in [0.1, 0.15) is 23.3 Å². The van der Waals surface area contributed by atoms with Crippen molar-refractivity contribution < 1.29 is 4.39 Å². The van der Waals surface area contributed by atoms with Crippen LogP contribution in [0.3, 0.4) is 0 Å². The fourth-order valence-corrected chi connectivity index (χ4v) is 2.43. The van der Waals surface area contributed by atoms with Gasteiger partial charge >= 0.3 is 0 Å². The molecule has 1 heterocycles. The van der Waals surface area contributed by atoms with Crippen LogP contribution in [0.1, 0.15) is 17.0 Å². The average molecular weight is 322 g/mol. The predicted octanol–water partition coefficient (Wildman–Crippen LogP) is 4.59. The zero-order chi connectivity index (χ0) is 16.9. The van der Waals surface area contributed by atoms with Gasteiger partial charge in [-0.25, -0.2) is 14.4 Å². The van der Waals surface area contributed by atoms with Crippen molar-refractivity contribution in [3.8, 4) is 0 Å². The highest BCUT2D eigenvalue weighted by molar-refractivity contribution is 5.59. The smallest absolute Gasteiger partial charge is 0.136 e. The largest absolute Gasteiger partial charge is 0.366 e. The van der Waals surface area contributed by atoms with Crippen molar-refractivity contribution in [1.82, 2.24) is 9.97 Å². The number of nitrogens with zero attached hydrogens (tertiary/aromatic N) is 2. The van der Waals surface area contributed by atoms with Crippen molar-refractivity contribution in [2.75, 3.05) is 10.6 Å². The number of anilines is 3. The molecule has 122 valence electrons. The SMILES string of the molecule is Cc1nc(NCc2ccccc2C)cc(Nc2cccc(F)c2)n1. The maximum atomic E-state index is 13.3. The van der Waals surface area contributed by atoms with Gasteiger partial charge in [0.05, 0.1) is 0 Å². The van der Waals surface area contributed by atoms with E-state index in [-0.39, 0.29) is 5.82 Å². The fraction of sp³-hybridized carbons (Fsp3) is 0.158. The van der Waals surface area contributed by atoms with Crippen LogP contribution in [0.25, 0.3) is 0 Å². The summed E-state index contributed by atoms with van der Waals surface area (Å²) in [6, 6.07) is 16.3. The molecule has 24 heavy (non-hydrogen) atoms. The van der Waals surface area contributed by atoms with E-state index < -0.39 is 0 Å². The molecule has 0 bridgehead atoms. The Hall–Kier alpha value is -2.95. The zero-order valence-corrected chi connectivity index (χ0v) is 13.7. The molecular weight excluding hydrogens is 303 g/mol. The Balaban J connectivity index is 1.75. The van der Waals surface area contributed by atoms with Gasteiger partial charge in [0.25, 0.3) is 0 Å². The molecule has 0 saturated carbocycles. The molecule has 5 heteroatoms. The quantitative estimate of drug-likeness (QED) is 0.721. The average Bonchev–Trinajstić information content (AvgIpc) is 2.53. The van der Waals surface area contributed by atoms with Gasteiger partial charge in [-0.3, -0.25) is 0 Å². The van der Waals surface area contributed by atoms with Crippen molar-refractivity contribution in [2.45, 2.75) is 20.4 Å². The number of halogens is 1. The first kappa shape index (κ1) is 15.9. The van der Waals surface area contributed by atoms with Crippen LogP contribution in [0.2, 0.25) is 0 Å². The van der Waals surface area contributed by atoms with E-state index in [0.717, 1.165) is 5.82 Å². The van der Waals surface area contributed by atoms with Crippen molar-refractivity contribution in [2.24, 2.45) is 0 Å². The lowest BCUT2D eigenvalue weighted by atomic mass is 10.1. The molecule has 0 fully saturated rings. The lowest BCUT2D eigenvalue weighted by molar-refractivity contribution is 0.628. The summed E-state index contributed by atoms with van der Waals surface area (Å²) < 4.78 is 13.3. The normalized spacial score (nSPS) is 10.5. The second-order valence-electron chi connectivity index (χ2n) is 5.60. The monoisotopic (exact) mass is 322 g/mol. The Morgan fingerprint density at radius 3 is 2.50 bits per heavy atom. The van der Waals surface area contributed by atoms with Gasteiger partial charge in [0.2, 0.25) is 0 Å². The number of aromatic nitrogens is 2. The standard InChI is InChI=1S/C19H19FN4/c1-13-6-3-4-7-15(13)12-21-18-11-19(23-14(2)22-18)24-17-9-5-8-16(20)10-17/h3-11H,12H2,1-2H3,(H2,21,22,23,24). The fourth-order valence-electron chi connectivity index (χ4n) is 2.43. The molecule has 3 aromatic rings. The number of nitrogens with one attached hydrogen (secondary N) is 2. The van der Waals surface area contributed by atoms with Crippen LogP contribution in [0.15, 0.2) is 54.6 Å². The lowest BCUT2D eigenvalue weighted by Gasteiger charge is -2.11. The molecule has 0 aliphatic heterocycles. The van der Waals surface area contributed by atoms with Crippen LogP contribution in [0, 0.1) is 19.7 Å². The number of aryl methyl sites for hydroxylation is 2. The Morgan fingerprint density at radius 2 is 1.71 bits per heavy atom. The van der Waals surface area contributed by atoms with E-state index in [9.17, 15) is 4.39 Å². The van der Waals surface area contributed by atoms with E-state index in [1.807, 2.05) is 25.1 Å². The molecule has 0 amide bonds. The molecule has 3 rings (SSSR count). The van der Waals surface area contributed by atoms with E-state index in [0.29, 0.717) is 23.9 Å². The number of rotatable bonds is 5. The molecule has 2 N–H and O–H groups in total. The minimum Gasteiger partial charge on any atom is -0.366 e. The van der Waals surface area contributed by atoms with Gasteiger partial charge in [0.15, 0.2) is 0 Å². The zero-order valence-electron chi connectivity index (χ0n) is 13.7. The summed E-state index contributed by atoms with van der Waals surface area (Å²) in [4.78, 5) is 8.75. The number of benzene rings is 2. The maximum absolute atomic E-state index is 13.3. The Morgan fingerprint density at radius 1 is 0.917 bits per heavy atom. The first-order valence-electron chi connectivity index (χ1n) is 7.77. The second-order valence-corrected chi connectivity index (χ2v) is 5.60. The van der Waals surface area contributed by atoms with Crippen LogP contribution in [-0.2, 0) is 6.54 Å². The summed E-state index contributed by atoms with van der Waals surface area (Å²) >= 11 is 0. The Labute approximate surface area is 140 Å². The molecule has 0 radical (unpaired) electrons.